The van der Waals surface area contributed by atoms with Gasteiger partial charge in [0, 0.05) is 18.2 Å². The van der Waals surface area contributed by atoms with Gasteiger partial charge in [0.15, 0.2) is 17.5 Å². The van der Waals surface area contributed by atoms with Crippen LogP contribution in [0.15, 0.2) is 11.8 Å². The first kappa shape index (κ1) is 13.3. The van der Waals surface area contributed by atoms with E-state index in [9.17, 15) is 19.2 Å². The highest BCUT2D eigenvalue weighted by Gasteiger charge is 2.38. The van der Waals surface area contributed by atoms with Crippen molar-refractivity contribution in [2.45, 2.75) is 27.2 Å². The zero-order valence-corrected chi connectivity index (χ0v) is 10.1. The Labute approximate surface area is 99.3 Å². The van der Waals surface area contributed by atoms with E-state index in [0.717, 1.165) is 0 Å². The lowest BCUT2D eigenvalue weighted by molar-refractivity contribution is -0.146. The fraction of sp³-hybridized carbons (Fsp3) is 0.500. The summed E-state index contributed by atoms with van der Waals surface area (Å²) in [6, 6.07) is 0. The third-order valence-electron chi connectivity index (χ3n) is 2.36. The van der Waals surface area contributed by atoms with Gasteiger partial charge in [-0.3, -0.25) is 19.2 Å². The third kappa shape index (κ3) is 3.09. The fourth-order valence-corrected chi connectivity index (χ4v) is 1.61. The largest absolute Gasteiger partial charge is 0.329 e. The molecule has 0 saturated heterocycles. The predicted octanol–water partition coefficient (Wildman–Crippen LogP) is 0.390. The van der Waals surface area contributed by atoms with E-state index in [-0.39, 0.29) is 12.3 Å². The number of hydrogen-bond donors (Lipinski definition) is 1. The highest BCUT2D eigenvalue weighted by atomic mass is 16.2. The molecule has 0 fully saturated rings. The summed E-state index contributed by atoms with van der Waals surface area (Å²) in [4.78, 5) is 46.3. The summed E-state index contributed by atoms with van der Waals surface area (Å²) < 4.78 is 0. The van der Waals surface area contributed by atoms with Gasteiger partial charge >= 0.3 is 0 Å². The summed E-state index contributed by atoms with van der Waals surface area (Å²) in [6.07, 6.45) is 1.23. The molecule has 1 rings (SSSR count). The van der Waals surface area contributed by atoms with Gasteiger partial charge in [0.2, 0.25) is 11.7 Å². The van der Waals surface area contributed by atoms with Crippen LogP contribution in [0, 0.1) is 11.8 Å². The molecule has 1 amide bonds. The minimum Gasteiger partial charge on any atom is -0.329 e. The lowest BCUT2D eigenvalue weighted by atomic mass is 9.89. The Kier molecular flexibility index (Phi) is 3.93. The number of carbonyl (C=O) groups is 4. The van der Waals surface area contributed by atoms with Crippen molar-refractivity contribution in [1.82, 2.24) is 5.32 Å². The Bertz CT molecular complexity index is 420. The van der Waals surface area contributed by atoms with Crippen LogP contribution >= 0.6 is 0 Å². The Morgan fingerprint density at radius 2 is 1.94 bits per heavy atom. The molecular weight excluding hydrogens is 222 g/mol. The van der Waals surface area contributed by atoms with E-state index in [1.807, 2.05) is 0 Å². The van der Waals surface area contributed by atoms with Gasteiger partial charge in [-0.15, -0.1) is 0 Å². The van der Waals surface area contributed by atoms with Crippen LogP contribution in [0.2, 0.25) is 0 Å². The molecule has 1 aliphatic rings. The van der Waals surface area contributed by atoms with Gasteiger partial charge in [-0.1, -0.05) is 13.8 Å². The SMILES string of the molecule is CC1=CC(=O)C(C(=O)C(=O)CC(C)C)C(=O)N1. The van der Waals surface area contributed by atoms with Crippen molar-refractivity contribution in [1.29, 1.82) is 0 Å². The van der Waals surface area contributed by atoms with Crippen molar-refractivity contribution >= 4 is 23.3 Å². The first-order valence-electron chi connectivity index (χ1n) is 5.43. The molecule has 0 aromatic rings. The van der Waals surface area contributed by atoms with E-state index < -0.39 is 29.2 Å². The molecule has 1 unspecified atom stereocenters. The maximum atomic E-state index is 11.7. The van der Waals surface area contributed by atoms with E-state index in [1.165, 1.54) is 6.08 Å². The monoisotopic (exact) mass is 237 g/mol. The summed E-state index contributed by atoms with van der Waals surface area (Å²) >= 11 is 0. The molecule has 0 aromatic heterocycles. The molecule has 0 aromatic carbocycles. The molecule has 0 spiro atoms. The summed E-state index contributed by atoms with van der Waals surface area (Å²) in [6.45, 7) is 5.13. The Morgan fingerprint density at radius 3 is 2.41 bits per heavy atom. The zero-order valence-electron chi connectivity index (χ0n) is 10.1. The predicted molar refractivity (Wildman–Crippen MR) is 59.9 cm³/mol. The first-order valence-corrected chi connectivity index (χ1v) is 5.43. The normalized spacial score (nSPS) is 20.0. The molecule has 1 N–H and O–H groups in total. The van der Waals surface area contributed by atoms with Crippen molar-refractivity contribution in [3.63, 3.8) is 0 Å². The van der Waals surface area contributed by atoms with Gasteiger partial charge in [0.05, 0.1) is 0 Å². The Hall–Kier alpha value is -1.78. The lowest BCUT2D eigenvalue weighted by Crippen LogP contribution is -2.45. The Balaban J connectivity index is 2.86. The Morgan fingerprint density at radius 1 is 1.35 bits per heavy atom. The van der Waals surface area contributed by atoms with Crippen molar-refractivity contribution in [3.8, 4) is 0 Å². The molecule has 1 atom stereocenters. The average molecular weight is 237 g/mol. The average Bonchev–Trinajstić information content (AvgIpc) is 2.14. The van der Waals surface area contributed by atoms with Gasteiger partial charge in [0.25, 0.3) is 0 Å². The van der Waals surface area contributed by atoms with E-state index in [4.69, 9.17) is 0 Å². The second kappa shape index (κ2) is 5.03. The minimum absolute atomic E-state index is 0.0190. The highest BCUT2D eigenvalue weighted by Crippen LogP contribution is 2.13. The van der Waals surface area contributed by atoms with Crippen LogP contribution in [0.25, 0.3) is 0 Å². The van der Waals surface area contributed by atoms with E-state index in [2.05, 4.69) is 5.32 Å². The molecule has 0 radical (unpaired) electrons. The topological polar surface area (TPSA) is 80.3 Å². The standard InChI is InChI=1S/C12H15NO4/c1-6(2)4-9(15)11(16)10-8(14)5-7(3)13-12(10)17/h5-6,10H,4H2,1-3H3,(H,13,17). The van der Waals surface area contributed by atoms with Crippen LogP contribution in [0.5, 0.6) is 0 Å². The zero-order chi connectivity index (χ0) is 13.2. The van der Waals surface area contributed by atoms with Crippen molar-refractivity contribution in [2.75, 3.05) is 0 Å². The highest BCUT2D eigenvalue weighted by molar-refractivity contribution is 6.47. The first-order chi connectivity index (χ1) is 7.82. The fourth-order valence-electron chi connectivity index (χ4n) is 1.61. The van der Waals surface area contributed by atoms with Crippen molar-refractivity contribution in [2.24, 2.45) is 11.8 Å². The van der Waals surface area contributed by atoms with Crippen LogP contribution in [-0.2, 0) is 19.2 Å². The van der Waals surface area contributed by atoms with Crippen LogP contribution < -0.4 is 5.32 Å². The van der Waals surface area contributed by atoms with E-state index >= 15 is 0 Å². The number of hydrogen-bond acceptors (Lipinski definition) is 4. The molecule has 1 aliphatic heterocycles. The molecule has 0 bridgehead atoms. The summed E-state index contributed by atoms with van der Waals surface area (Å²) in [5.41, 5.74) is 0.389. The molecule has 92 valence electrons. The number of rotatable bonds is 4. The van der Waals surface area contributed by atoms with Gasteiger partial charge < -0.3 is 5.32 Å². The molecule has 5 nitrogen and oxygen atoms in total. The summed E-state index contributed by atoms with van der Waals surface area (Å²) in [5, 5.41) is 2.38. The molecule has 5 heteroatoms. The smallest absolute Gasteiger partial charge is 0.243 e. The molecule has 0 saturated carbocycles. The number of Topliss-reactive ketones (excluding diaryl/α,β-unsaturated/α-hetero) is 2. The van der Waals surface area contributed by atoms with Crippen LogP contribution in [0.1, 0.15) is 27.2 Å². The summed E-state index contributed by atoms with van der Waals surface area (Å²) in [7, 11) is 0. The van der Waals surface area contributed by atoms with Gasteiger partial charge in [-0.05, 0) is 12.8 Å². The minimum atomic E-state index is -1.50. The van der Waals surface area contributed by atoms with E-state index in [1.54, 1.807) is 20.8 Å². The van der Waals surface area contributed by atoms with Crippen LogP contribution in [0.3, 0.4) is 0 Å². The molecular formula is C12H15NO4. The molecule has 0 aliphatic carbocycles. The second-order valence-electron chi connectivity index (χ2n) is 4.54. The molecule has 17 heavy (non-hydrogen) atoms. The van der Waals surface area contributed by atoms with E-state index in [0.29, 0.717) is 5.70 Å². The maximum Gasteiger partial charge on any atom is 0.243 e. The van der Waals surface area contributed by atoms with Crippen molar-refractivity contribution in [3.05, 3.63) is 11.8 Å². The second-order valence-corrected chi connectivity index (χ2v) is 4.54. The van der Waals surface area contributed by atoms with Gasteiger partial charge in [0.1, 0.15) is 0 Å². The number of nitrogens with one attached hydrogen (secondary N) is 1. The quantitative estimate of drug-likeness (QED) is 0.566. The van der Waals surface area contributed by atoms with Gasteiger partial charge in [-0.25, -0.2) is 0 Å². The number of carbonyl (C=O) groups excluding carboxylic acids is 4. The molecule has 1 heterocycles. The number of ketones is 3. The summed E-state index contributed by atoms with van der Waals surface area (Å²) in [5.74, 6) is -4.38. The van der Waals surface area contributed by atoms with Crippen molar-refractivity contribution < 1.29 is 19.2 Å². The lowest BCUT2D eigenvalue weighted by Gasteiger charge is -2.18. The third-order valence-corrected chi connectivity index (χ3v) is 2.36. The maximum absolute atomic E-state index is 11.7. The van der Waals surface area contributed by atoms with Crippen LogP contribution in [0.4, 0.5) is 0 Å². The number of amides is 1. The number of allylic oxidation sites excluding steroid dienone is 2. The van der Waals surface area contributed by atoms with Gasteiger partial charge in [-0.2, -0.15) is 0 Å². The van der Waals surface area contributed by atoms with Crippen LogP contribution in [-0.4, -0.2) is 23.3 Å².